The van der Waals surface area contributed by atoms with Gasteiger partial charge in [0.1, 0.15) is 18.1 Å². The monoisotopic (exact) mass is 512 g/mol. The molecule has 4 atom stereocenters. The summed E-state index contributed by atoms with van der Waals surface area (Å²) in [6, 6.07) is -6.16. The second kappa shape index (κ2) is 14.0. The van der Waals surface area contributed by atoms with Gasteiger partial charge in [0.25, 0.3) is 0 Å². The average molecular weight is 512 g/mol. The van der Waals surface area contributed by atoms with Gasteiger partial charge >= 0.3 is 11.9 Å². The van der Waals surface area contributed by atoms with Gasteiger partial charge < -0.3 is 48.3 Å². The fraction of sp³-hybridized carbons (Fsp3) is 0.474. The van der Waals surface area contributed by atoms with Crippen LogP contribution < -0.4 is 33.2 Å². The van der Waals surface area contributed by atoms with E-state index in [1.165, 1.54) is 12.5 Å². The Morgan fingerprint density at radius 2 is 1.44 bits per heavy atom. The number of aromatic amines is 1. The van der Waals surface area contributed by atoms with E-state index in [2.05, 4.69) is 20.6 Å². The highest BCUT2D eigenvalue weighted by Crippen LogP contribution is 2.04. The molecule has 0 aromatic carbocycles. The predicted octanol–water partition coefficient (Wildman–Crippen LogP) is -4.57. The minimum Gasteiger partial charge on any atom is -0.481 e. The lowest BCUT2D eigenvalue weighted by atomic mass is 10.1. The maximum absolute atomic E-state index is 12.8. The number of aromatic nitrogens is 2. The van der Waals surface area contributed by atoms with Gasteiger partial charge in [-0.15, -0.1) is 0 Å². The van der Waals surface area contributed by atoms with Crippen LogP contribution >= 0.6 is 0 Å². The first-order valence-electron chi connectivity index (χ1n) is 10.4. The number of hydrogen-bond acceptors (Lipinski definition) is 9. The van der Waals surface area contributed by atoms with Crippen molar-refractivity contribution < 1.29 is 43.8 Å². The van der Waals surface area contributed by atoms with Crippen LogP contribution in [0.2, 0.25) is 0 Å². The van der Waals surface area contributed by atoms with Gasteiger partial charge in [-0.25, -0.2) is 9.78 Å². The van der Waals surface area contributed by atoms with Gasteiger partial charge in [0.05, 0.1) is 25.2 Å². The van der Waals surface area contributed by atoms with Gasteiger partial charge in [-0.2, -0.15) is 0 Å². The smallest absolute Gasteiger partial charge is 0.326 e. The van der Waals surface area contributed by atoms with E-state index in [4.69, 9.17) is 27.4 Å². The Bertz CT molecular complexity index is 982. The molecule has 0 aliphatic rings. The normalized spacial score (nSPS) is 13.9. The predicted molar refractivity (Wildman–Crippen MR) is 118 cm³/mol. The third-order valence-electron chi connectivity index (χ3n) is 4.68. The zero-order chi connectivity index (χ0) is 27.4. The van der Waals surface area contributed by atoms with Gasteiger partial charge in [-0.1, -0.05) is 0 Å². The van der Waals surface area contributed by atoms with Crippen LogP contribution in [-0.4, -0.2) is 85.8 Å². The van der Waals surface area contributed by atoms with Crippen molar-refractivity contribution in [1.82, 2.24) is 25.9 Å². The topological polar surface area (TPSA) is 303 Å². The SMILES string of the molecule is NC(=O)CCC(NC(=O)C(CC(N)=O)NC(=O)C(N)Cc1cnc[nH]1)C(=O)NC(CC(=O)O)C(=O)O. The summed E-state index contributed by atoms with van der Waals surface area (Å²) in [5.74, 6) is -8.07. The lowest BCUT2D eigenvalue weighted by Crippen LogP contribution is -2.58. The Kier molecular flexibility index (Phi) is 11.5. The lowest BCUT2D eigenvalue weighted by molar-refractivity contribution is -0.147. The number of H-pyrrole nitrogens is 1. The van der Waals surface area contributed by atoms with E-state index >= 15 is 0 Å². The summed E-state index contributed by atoms with van der Waals surface area (Å²) in [6.45, 7) is 0. The maximum Gasteiger partial charge on any atom is 0.326 e. The van der Waals surface area contributed by atoms with E-state index < -0.39 is 91.3 Å². The highest BCUT2D eigenvalue weighted by molar-refractivity contribution is 5.96. The molecule has 17 nitrogen and oxygen atoms in total. The number of carbonyl (C=O) groups is 7. The molecule has 0 fully saturated rings. The van der Waals surface area contributed by atoms with Crippen LogP contribution in [0.25, 0.3) is 0 Å². The first-order chi connectivity index (χ1) is 16.8. The number of nitrogens with two attached hydrogens (primary N) is 3. The number of aliphatic carboxylic acids is 2. The maximum atomic E-state index is 12.8. The minimum absolute atomic E-state index is 0.0144. The Balaban J connectivity index is 2.99. The zero-order valence-corrected chi connectivity index (χ0v) is 18.9. The summed E-state index contributed by atoms with van der Waals surface area (Å²) < 4.78 is 0. The summed E-state index contributed by atoms with van der Waals surface area (Å²) >= 11 is 0. The average Bonchev–Trinajstić information content (AvgIpc) is 3.27. The van der Waals surface area contributed by atoms with Crippen LogP contribution in [0.3, 0.4) is 0 Å². The molecule has 198 valence electrons. The first-order valence-corrected chi connectivity index (χ1v) is 10.4. The van der Waals surface area contributed by atoms with Gasteiger partial charge in [-0.05, 0) is 6.42 Å². The number of amides is 5. The van der Waals surface area contributed by atoms with Crippen LogP contribution in [0.4, 0.5) is 0 Å². The van der Waals surface area contributed by atoms with Crippen LogP contribution in [0.1, 0.15) is 31.4 Å². The van der Waals surface area contributed by atoms with E-state index in [1.54, 1.807) is 0 Å². The molecule has 1 heterocycles. The van der Waals surface area contributed by atoms with Crippen molar-refractivity contribution in [2.24, 2.45) is 17.2 Å². The van der Waals surface area contributed by atoms with E-state index in [0.29, 0.717) is 5.69 Å². The second-order valence-corrected chi connectivity index (χ2v) is 7.68. The molecular weight excluding hydrogens is 484 g/mol. The van der Waals surface area contributed by atoms with Crippen molar-refractivity contribution in [2.75, 3.05) is 0 Å². The van der Waals surface area contributed by atoms with Crippen molar-refractivity contribution in [3.8, 4) is 0 Å². The number of rotatable bonds is 16. The molecule has 0 bridgehead atoms. The van der Waals surface area contributed by atoms with E-state index in [9.17, 15) is 33.6 Å². The number of carbonyl (C=O) groups excluding carboxylic acids is 5. The molecule has 12 N–H and O–H groups in total. The van der Waals surface area contributed by atoms with Gasteiger partial charge in [0.15, 0.2) is 0 Å². The molecule has 0 saturated heterocycles. The summed E-state index contributed by atoms with van der Waals surface area (Å²) in [4.78, 5) is 89.2. The molecule has 1 aromatic rings. The number of carboxylic acid groups (broad SMARTS) is 2. The number of primary amides is 2. The minimum atomic E-state index is -1.84. The number of imidazole rings is 1. The van der Waals surface area contributed by atoms with Gasteiger partial charge in [-0.3, -0.25) is 28.8 Å². The molecule has 1 rings (SSSR count). The fourth-order valence-corrected chi connectivity index (χ4v) is 2.89. The van der Waals surface area contributed by atoms with Gasteiger partial charge in [0.2, 0.25) is 29.5 Å². The molecule has 0 saturated carbocycles. The van der Waals surface area contributed by atoms with E-state index in [1.807, 2.05) is 5.32 Å². The molecule has 0 spiro atoms. The summed E-state index contributed by atoms with van der Waals surface area (Å²) in [5, 5.41) is 24.3. The van der Waals surface area contributed by atoms with Crippen LogP contribution in [0.5, 0.6) is 0 Å². The largest absolute Gasteiger partial charge is 0.481 e. The standard InChI is InChI=1S/C19H28N8O9/c20-9(3-8-6-23-7-24-8)16(32)26-11(4-14(22)29)18(34)25-10(1-2-13(21)28)17(33)27-12(19(35)36)5-15(30)31/h6-7,9-12H,1-5,20H2,(H2,21,28)(H2,22,29)(H,23,24)(H,25,34)(H,26,32)(H,27,33)(H,30,31)(H,35,36). The zero-order valence-electron chi connectivity index (χ0n) is 18.9. The van der Waals surface area contributed by atoms with Crippen molar-refractivity contribution in [2.45, 2.75) is 56.3 Å². The molecule has 0 aliphatic heterocycles. The molecule has 4 unspecified atom stereocenters. The fourth-order valence-electron chi connectivity index (χ4n) is 2.89. The molecule has 36 heavy (non-hydrogen) atoms. The van der Waals surface area contributed by atoms with Crippen molar-refractivity contribution in [3.63, 3.8) is 0 Å². The summed E-state index contributed by atoms with van der Waals surface area (Å²) in [7, 11) is 0. The molecule has 17 heteroatoms. The Morgan fingerprint density at radius 1 is 0.861 bits per heavy atom. The molecular formula is C19H28N8O9. The third-order valence-corrected chi connectivity index (χ3v) is 4.68. The third kappa shape index (κ3) is 10.6. The lowest BCUT2D eigenvalue weighted by Gasteiger charge is -2.24. The second-order valence-electron chi connectivity index (χ2n) is 7.68. The Morgan fingerprint density at radius 3 is 1.94 bits per heavy atom. The number of nitrogens with zero attached hydrogens (tertiary/aromatic N) is 1. The summed E-state index contributed by atoms with van der Waals surface area (Å²) in [5.41, 5.74) is 16.6. The van der Waals surface area contributed by atoms with E-state index in [0.717, 1.165) is 0 Å². The van der Waals surface area contributed by atoms with Crippen LogP contribution in [-0.2, 0) is 40.0 Å². The highest BCUT2D eigenvalue weighted by atomic mass is 16.4. The summed E-state index contributed by atoms with van der Waals surface area (Å²) in [6.07, 6.45) is 0.338. The number of carboxylic acids is 2. The molecule has 1 aromatic heterocycles. The first kappa shape index (κ1) is 29.5. The van der Waals surface area contributed by atoms with E-state index in [-0.39, 0.29) is 6.42 Å². The number of hydrogen-bond donors (Lipinski definition) is 9. The Hall–Kier alpha value is -4.54. The molecule has 0 aliphatic carbocycles. The van der Waals surface area contributed by atoms with Crippen LogP contribution in [0.15, 0.2) is 12.5 Å². The molecule has 5 amide bonds. The van der Waals surface area contributed by atoms with Crippen molar-refractivity contribution in [1.29, 1.82) is 0 Å². The van der Waals surface area contributed by atoms with Crippen molar-refractivity contribution in [3.05, 3.63) is 18.2 Å². The van der Waals surface area contributed by atoms with Crippen molar-refractivity contribution >= 4 is 41.5 Å². The quantitative estimate of drug-likeness (QED) is 0.101. The highest BCUT2D eigenvalue weighted by Gasteiger charge is 2.32. The Labute approximate surface area is 203 Å². The molecule has 0 radical (unpaired) electrons. The number of nitrogens with one attached hydrogen (secondary N) is 4. The van der Waals surface area contributed by atoms with Crippen LogP contribution in [0, 0.1) is 0 Å². The van der Waals surface area contributed by atoms with Gasteiger partial charge in [0, 0.05) is 24.7 Å².